The van der Waals surface area contributed by atoms with Crippen molar-refractivity contribution in [1.82, 2.24) is 5.06 Å². The molecule has 112 valence electrons. The number of carbonyl (C=O) groups excluding carboxylic acids is 1. The summed E-state index contributed by atoms with van der Waals surface area (Å²) in [5, 5.41) is 1.89. The second-order valence-corrected chi connectivity index (χ2v) is 5.49. The summed E-state index contributed by atoms with van der Waals surface area (Å²) in [7, 11) is 0. The van der Waals surface area contributed by atoms with E-state index in [1.165, 1.54) is 0 Å². The highest BCUT2D eigenvalue weighted by Gasteiger charge is 2.36. The van der Waals surface area contributed by atoms with Crippen molar-refractivity contribution in [2.24, 2.45) is 0 Å². The van der Waals surface area contributed by atoms with Crippen molar-refractivity contribution in [3.63, 3.8) is 0 Å². The first-order valence-electron chi connectivity index (χ1n) is 7.42. The summed E-state index contributed by atoms with van der Waals surface area (Å²) < 4.78 is 0. The molecule has 3 nitrogen and oxygen atoms in total. The molecule has 0 spiro atoms. The number of benzene rings is 2. The zero-order valence-corrected chi connectivity index (χ0v) is 12.8. The normalized spacial score (nSPS) is 18.4. The van der Waals surface area contributed by atoms with E-state index in [0.29, 0.717) is 12.3 Å². The molecule has 22 heavy (non-hydrogen) atoms. The van der Waals surface area contributed by atoms with Crippen LogP contribution in [0.15, 0.2) is 72.0 Å². The van der Waals surface area contributed by atoms with Crippen molar-refractivity contribution in [2.75, 3.05) is 0 Å². The van der Waals surface area contributed by atoms with Crippen LogP contribution in [0.3, 0.4) is 0 Å². The molecule has 1 unspecified atom stereocenters. The Morgan fingerprint density at radius 1 is 1.05 bits per heavy atom. The standard InChI is InChI=1S/C19H19NO2/c1-14(21)18-15(2)22-20(13-16-9-5-3-6-10-16)19(18)17-11-7-4-8-12-17/h3-12,19H,13H2,1-2H3. The first-order chi connectivity index (χ1) is 10.7. The Morgan fingerprint density at radius 3 is 2.23 bits per heavy atom. The SMILES string of the molecule is CC(=O)C1=C(C)ON(Cc2ccccc2)C1c1ccccc1. The minimum Gasteiger partial charge on any atom is -0.409 e. The molecule has 2 aromatic carbocycles. The summed E-state index contributed by atoms with van der Waals surface area (Å²) in [6.45, 7) is 4.09. The third-order valence-corrected chi connectivity index (χ3v) is 3.87. The van der Waals surface area contributed by atoms with E-state index in [9.17, 15) is 4.79 Å². The van der Waals surface area contributed by atoms with E-state index in [1.54, 1.807) is 6.92 Å². The van der Waals surface area contributed by atoms with Crippen LogP contribution >= 0.6 is 0 Å². The van der Waals surface area contributed by atoms with Gasteiger partial charge in [-0.15, -0.1) is 5.06 Å². The topological polar surface area (TPSA) is 29.5 Å². The minimum atomic E-state index is -0.154. The Hall–Kier alpha value is -2.39. The Labute approximate surface area is 130 Å². The summed E-state index contributed by atoms with van der Waals surface area (Å²) in [4.78, 5) is 18.0. The largest absolute Gasteiger partial charge is 0.409 e. The Bertz CT molecular complexity index is 692. The van der Waals surface area contributed by atoms with Gasteiger partial charge in [0.1, 0.15) is 11.8 Å². The average Bonchev–Trinajstić information content (AvgIpc) is 2.85. The van der Waals surface area contributed by atoms with Crippen molar-refractivity contribution >= 4 is 5.78 Å². The van der Waals surface area contributed by atoms with Gasteiger partial charge in [0.25, 0.3) is 0 Å². The maximum Gasteiger partial charge on any atom is 0.161 e. The Morgan fingerprint density at radius 2 is 1.64 bits per heavy atom. The molecule has 0 aliphatic carbocycles. The molecule has 1 aliphatic rings. The fourth-order valence-electron chi connectivity index (χ4n) is 2.91. The van der Waals surface area contributed by atoms with Crippen LogP contribution in [-0.2, 0) is 16.2 Å². The molecule has 0 N–H and O–H groups in total. The number of allylic oxidation sites excluding steroid dienone is 1. The molecule has 3 rings (SSSR count). The first-order valence-corrected chi connectivity index (χ1v) is 7.42. The molecule has 1 aliphatic heterocycles. The maximum atomic E-state index is 12.1. The molecule has 1 heterocycles. The van der Waals surface area contributed by atoms with Crippen molar-refractivity contribution in [3.8, 4) is 0 Å². The summed E-state index contributed by atoms with van der Waals surface area (Å²) in [5.41, 5.74) is 2.96. The molecule has 3 heteroatoms. The van der Waals surface area contributed by atoms with E-state index >= 15 is 0 Å². The predicted molar refractivity (Wildman–Crippen MR) is 85.6 cm³/mol. The van der Waals surface area contributed by atoms with Crippen molar-refractivity contribution in [3.05, 3.63) is 83.1 Å². The number of nitrogens with zero attached hydrogens (tertiary/aromatic N) is 1. The molecule has 0 amide bonds. The van der Waals surface area contributed by atoms with Crippen molar-refractivity contribution < 1.29 is 9.63 Å². The van der Waals surface area contributed by atoms with E-state index in [2.05, 4.69) is 12.1 Å². The van der Waals surface area contributed by atoms with Gasteiger partial charge in [-0.2, -0.15) is 0 Å². The van der Waals surface area contributed by atoms with E-state index in [-0.39, 0.29) is 11.8 Å². The van der Waals surface area contributed by atoms with Crippen LogP contribution in [0.2, 0.25) is 0 Å². The fraction of sp³-hybridized carbons (Fsp3) is 0.211. The predicted octanol–water partition coefficient (Wildman–Crippen LogP) is 4.04. The molecule has 0 saturated carbocycles. The lowest BCUT2D eigenvalue weighted by atomic mass is 9.95. The zero-order chi connectivity index (χ0) is 15.5. The monoisotopic (exact) mass is 293 g/mol. The summed E-state index contributed by atoms with van der Waals surface area (Å²) >= 11 is 0. The van der Waals surface area contributed by atoms with Gasteiger partial charge in [-0.25, -0.2) is 0 Å². The maximum absolute atomic E-state index is 12.1. The lowest BCUT2D eigenvalue weighted by Crippen LogP contribution is -2.25. The molecular formula is C19H19NO2. The second-order valence-electron chi connectivity index (χ2n) is 5.49. The highest BCUT2D eigenvalue weighted by Crippen LogP contribution is 2.39. The second kappa shape index (κ2) is 6.16. The molecule has 1 atom stereocenters. The lowest BCUT2D eigenvalue weighted by Gasteiger charge is -2.24. The van der Waals surface area contributed by atoms with E-state index in [0.717, 1.165) is 16.7 Å². The van der Waals surface area contributed by atoms with Crippen LogP contribution in [0.4, 0.5) is 0 Å². The van der Waals surface area contributed by atoms with Gasteiger partial charge < -0.3 is 4.84 Å². The van der Waals surface area contributed by atoms with Crippen LogP contribution in [-0.4, -0.2) is 10.8 Å². The van der Waals surface area contributed by atoms with Gasteiger partial charge in [-0.1, -0.05) is 60.7 Å². The van der Waals surface area contributed by atoms with Gasteiger partial charge in [-0.3, -0.25) is 4.79 Å². The molecule has 0 bridgehead atoms. The Balaban J connectivity index is 1.95. The van der Waals surface area contributed by atoms with Crippen molar-refractivity contribution in [2.45, 2.75) is 26.4 Å². The third-order valence-electron chi connectivity index (χ3n) is 3.87. The van der Waals surface area contributed by atoms with Crippen LogP contribution in [0, 0.1) is 0 Å². The van der Waals surface area contributed by atoms with Gasteiger partial charge in [0.05, 0.1) is 12.1 Å². The number of hydrogen-bond donors (Lipinski definition) is 0. The number of carbonyl (C=O) groups is 1. The number of ketones is 1. The fourth-order valence-corrected chi connectivity index (χ4v) is 2.91. The molecule has 0 radical (unpaired) electrons. The third kappa shape index (κ3) is 2.81. The van der Waals surface area contributed by atoms with Gasteiger partial charge in [0.2, 0.25) is 0 Å². The van der Waals surface area contributed by atoms with Crippen LogP contribution < -0.4 is 0 Å². The molecule has 0 aromatic heterocycles. The number of hydroxylamine groups is 2. The number of Topliss-reactive ketones (excluding diaryl/α,β-unsaturated/α-hetero) is 1. The van der Waals surface area contributed by atoms with Gasteiger partial charge in [0.15, 0.2) is 5.78 Å². The van der Waals surface area contributed by atoms with Gasteiger partial charge in [0, 0.05) is 0 Å². The summed E-state index contributed by atoms with van der Waals surface area (Å²) in [6.07, 6.45) is 0. The summed E-state index contributed by atoms with van der Waals surface area (Å²) in [5.74, 6) is 0.749. The van der Waals surface area contributed by atoms with Crippen LogP contribution in [0.25, 0.3) is 0 Å². The van der Waals surface area contributed by atoms with Crippen LogP contribution in [0.1, 0.15) is 31.0 Å². The number of hydrogen-bond acceptors (Lipinski definition) is 3. The van der Waals surface area contributed by atoms with Gasteiger partial charge >= 0.3 is 0 Å². The van der Waals surface area contributed by atoms with Gasteiger partial charge in [-0.05, 0) is 25.0 Å². The first kappa shape index (κ1) is 14.5. The van der Waals surface area contributed by atoms with Crippen LogP contribution in [0.5, 0.6) is 0 Å². The van der Waals surface area contributed by atoms with E-state index in [4.69, 9.17) is 4.84 Å². The molecular weight excluding hydrogens is 274 g/mol. The highest BCUT2D eigenvalue weighted by molar-refractivity contribution is 5.95. The van der Waals surface area contributed by atoms with E-state index < -0.39 is 0 Å². The number of rotatable bonds is 4. The average molecular weight is 293 g/mol. The highest BCUT2D eigenvalue weighted by atomic mass is 16.7. The minimum absolute atomic E-state index is 0.0573. The zero-order valence-electron chi connectivity index (χ0n) is 12.8. The lowest BCUT2D eigenvalue weighted by molar-refractivity contribution is -0.129. The quantitative estimate of drug-likeness (QED) is 0.852. The molecule has 0 fully saturated rings. The Kier molecular flexibility index (Phi) is 4.07. The molecule has 0 saturated heterocycles. The van der Waals surface area contributed by atoms with E-state index in [1.807, 2.05) is 60.5 Å². The molecule has 2 aromatic rings. The van der Waals surface area contributed by atoms with Crippen molar-refractivity contribution in [1.29, 1.82) is 0 Å². The smallest absolute Gasteiger partial charge is 0.161 e. The summed E-state index contributed by atoms with van der Waals surface area (Å²) in [6, 6.07) is 20.0.